The molecule has 0 radical (unpaired) electrons. The Bertz CT molecular complexity index is 403. The predicted octanol–water partition coefficient (Wildman–Crippen LogP) is 0.298. The fourth-order valence-corrected chi connectivity index (χ4v) is 0.987. The van der Waals surface area contributed by atoms with E-state index in [0.717, 1.165) is 0 Å². The average molecular weight is 208 g/mol. The van der Waals surface area contributed by atoms with E-state index in [2.05, 4.69) is 5.32 Å². The van der Waals surface area contributed by atoms with Crippen LogP contribution in [0.2, 0.25) is 0 Å². The van der Waals surface area contributed by atoms with E-state index in [1.807, 2.05) is 5.32 Å². The van der Waals surface area contributed by atoms with Crippen LogP contribution in [0.3, 0.4) is 0 Å². The summed E-state index contributed by atoms with van der Waals surface area (Å²) in [5, 5.41) is 4.21. The third-order valence-electron chi connectivity index (χ3n) is 1.63. The highest BCUT2D eigenvalue weighted by Gasteiger charge is 2.29. The van der Waals surface area contributed by atoms with Crippen LogP contribution in [-0.4, -0.2) is 19.8 Å². The average Bonchev–Trinajstić information content (AvgIpc) is 2.08. The quantitative estimate of drug-likeness (QED) is 0.701. The molecule has 0 saturated carbocycles. The monoisotopic (exact) mass is 208 g/mol. The number of hydrogen-bond acceptors (Lipinski definition) is 4. The van der Waals surface area contributed by atoms with Gasteiger partial charge < -0.3 is 10.6 Å². The van der Waals surface area contributed by atoms with E-state index in [9.17, 15) is 22.8 Å². The highest BCUT2D eigenvalue weighted by molar-refractivity contribution is 5.73. The fourth-order valence-electron chi connectivity index (χ4n) is 0.987. The zero-order valence-corrected chi connectivity index (χ0v) is 7.16. The van der Waals surface area contributed by atoms with Crippen molar-refractivity contribution in [3.63, 3.8) is 0 Å². The maximum atomic E-state index is 11.7. The molecule has 0 atom stereocenters. The van der Waals surface area contributed by atoms with Gasteiger partial charge in [0.25, 0.3) is 10.9 Å². The molecule has 4 nitrogen and oxygen atoms in total. The molecule has 0 unspecified atom stereocenters. The number of rotatable bonds is 3. The number of anilines is 2. The van der Waals surface area contributed by atoms with Gasteiger partial charge in [-0.3, -0.25) is 9.59 Å². The molecule has 7 heteroatoms. The summed E-state index contributed by atoms with van der Waals surface area (Å²) in [5.41, 5.74) is -2.11. The van der Waals surface area contributed by atoms with E-state index in [1.54, 1.807) is 0 Å². The zero-order chi connectivity index (χ0) is 10.9. The second-order valence-corrected chi connectivity index (χ2v) is 2.63. The second-order valence-electron chi connectivity index (χ2n) is 2.63. The van der Waals surface area contributed by atoms with Gasteiger partial charge in [-0.05, 0) is 0 Å². The first-order valence-electron chi connectivity index (χ1n) is 3.68. The number of halogens is 3. The van der Waals surface area contributed by atoms with Crippen molar-refractivity contribution in [3.8, 4) is 0 Å². The SMILES string of the molecule is CNc1c(NCC(F)(F)F)c(=O)c1=O. The molecule has 0 aliphatic rings. The van der Waals surface area contributed by atoms with Gasteiger partial charge in [-0.2, -0.15) is 13.2 Å². The first kappa shape index (κ1) is 10.6. The van der Waals surface area contributed by atoms with Gasteiger partial charge in [0.05, 0.1) is 0 Å². The predicted molar refractivity (Wildman–Crippen MR) is 45.4 cm³/mol. The Labute approximate surface area is 76.4 Å². The maximum absolute atomic E-state index is 11.7. The number of nitrogens with one attached hydrogen (secondary N) is 2. The summed E-state index contributed by atoms with van der Waals surface area (Å²) in [4.78, 5) is 21.5. The third kappa shape index (κ3) is 1.86. The van der Waals surface area contributed by atoms with Crippen LogP contribution in [0.5, 0.6) is 0 Å². The topological polar surface area (TPSA) is 58.2 Å². The lowest BCUT2D eigenvalue weighted by atomic mass is 10.2. The van der Waals surface area contributed by atoms with Crippen molar-refractivity contribution in [2.45, 2.75) is 6.18 Å². The van der Waals surface area contributed by atoms with Crippen molar-refractivity contribution in [2.24, 2.45) is 0 Å². The Balaban J connectivity index is 2.75. The molecule has 0 spiro atoms. The van der Waals surface area contributed by atoms with Crippen LogP contribution in [0, 0.1) is 0 Å². The van der Waals surface area contributed by atoms with Gasteiger partial charge in [0.2, 0.25) is 0 Å². The Morgan fingerprint density at radius 3 is 2.07 bits per heavy atom. The summed E-state index contributed by atoms with van der Waals surface area (Å²) >= 11 is 0. The highest BCUT2D eigenvalue weighted by Crippen LogP contribution is 2.18. The summed E-state index contributed by atoms with van der Waals surface area (Å²) in [6, 6.07) is 0. The lowest BCUT2D eigenvalue weighted by Crippen LogP contribution is -2.38. The Morgan fingerprint density at radius 2 is 1.64 bits per heavy atom. The first-order chi connectivity index (χ1) is 6.37. The van der Waals surface area contributed by atoms with Crippen molar-refractivity contribution < 1.29 is 13.2 Å². The zero-order valence-electron chi connectivity index (χ0n) is 7.16. The number of alkyl halides is 3. The molecule has 0 saturated heterocycles. The van der Waals surface area contributed by atoms with Gasteiger partial charge in [0, 0.05) is 7.05 Å². The van der Waals surface area contributed by atoms with Crippen molar-refractivity contribution >= 4 is 11.4 Å². The maximum Gasteiger partial charge on any atom is 0.405 e. The molecule has 0 fully saturated rings. The molecule has 0 heterocycles. The van der Waals surface area contributed by atoms with Crippen molar-refractivity contribution in [2.75, 3.05) is 24.2 Å². The largest absolute Gasteiger partial charge is 0.405 e. The molecule has 78 valence electrons. The van der Waals surface area contributed by atoms with Gasteiger partial charge in [-0.1, -0.05) is 0 Å². The lowest BCUT2D eigenvalue weighted by molar-refractivity contribution is -0.115. The molecular weight excluding hydrogens is 201 g/mol. The normalized spacial score (nSPS) is 11.7. The van der Waals surface area contributed by atoms with E-state index in [4.69, 9.17) is 0 Å². The molecule has 0 aromatic heterocycles. The molecule has 0 amide bonds. The minimum atomic E-state index is -4.41. The molecule has 14 heavy (non-hydrogen) atoms. The molecule has 1 rings (SSSR count). The Hall–Kier alpha value is -1.53. The van der Waals surface area contributed by atoms with Gasteiger partial charge in [0.15, 0.2) is 0 Å². The minimum Gasteiger partial charge on any atom is -0.383 e. The summed E-state index contributed by atoms with van der Waals surface area (Å²) < 4.78 is 35.2. The molecule has 1 aromatic carbocycles. The van der Waals surface area contributed by atoms with E-state index in [-0.39, 0.29) is 11.4 Å². The summed E-state index contributed by atoms with van der Waals surface area (Å²) in [6.07, 6.45) is -4.41. The molecule has 0 aliphatic carbocycles. The Morgan fingerprint density at radius 1 is 1.14 bits per heavy atom. The summed E-state index contributed by atoms with van der Waals surface area (Å²) in [7, 11) is 1.36. The summed E-state index contributed by atoms with van der Waals surface area (Å²) in [6.45, 7) is -1.33. The number of hydrogen-bond donors (Lipinski definition) is 2. The third-order valence-corrected chi connectivity index (χ3v) is 1.63. The summed E-state index contributed by atoms with van der Waals surface area (Å²) in [5.74, 6) is 0. The van der Waals surface area contributed by atoms with Crippen LogP contribution in [0.25, 0.3) is 0 Å². The van der Waals surface area contributed by atoms with Gasteiger partial charge >= 0.3 is 6.18 Å². The van der Waals surface area contributed by atoms with Crippen LogP contribution >= 0.6 is 0 Å². The fraction of sp³-hybridized carbons (Fsp3) is 0.429. The molecular formula is C7H7F3N2O2. The van der Waals surface area contributed by atoms with Crippen LogP contribution in [0.1, 0.15) is 0 Å². The van der Waals surface area contributed by atoms with Crippen LogP contribution in [0.4, 0.5) is 24.5 Å². The van der Waals surface area contributed by atoms with Crippen molar-refractivity contribution in [1.29, 1.82) is 0 Å². The second kappa shape index (κ2) is 3.32. The minimum absolute atomic E-state index is 0.0979. The van der Waals surface area contributed by atoms with Gasteiger partial charge in [0.1, 0.15) is 17.9 Å². The molecule has 0 aliphatic heterocycles. The molecule has 2 N–H and O–H groups in total. The van der Waals surface area contributed by atoms with E-state index in [1.165, 1.54) is 7.05 Å². The van der Waals surface area contributed by atoms with Crippen molar-refractivity contribution in [1.82, 2.24) is 0 Å². The van der Waals surface area contributed by atoms with Crippen LogP contribution < -0.4 is 21.5 Å². The first-order valence-corrected chi connectivity index (χ1v) is 3.68. The smallest absolute Gasteiger partial charge is 0.383 e. The molecule has 1 aromatic rings. The van der Waals surface area contributed by atoms with E-state index < -0.39 is 23.6 Å². The standard InChI is InChI=1S/C7H7F3N2O2/c1-11-3-4(6(14)5(3)13)12-2-7(8,9)10/h11-12H,2H2,1H3. The molecule has 0 bridgehead atoms. The van der Waals surface area contributed by atoms with Crippen LogP contribution in [0.15, 0.2) is 9.59 Å². The lowest BCUT2D eigenvalue weighted by Gasteiger charge is -2.13. The van der Waals surface area contributed by atoms with E-state index in [0.29, 0.717) is 0 Å². The Kier molecular flexibility index (Phi) is 2.50. The van der Waals surface area contributed by atoms with Gasteiger partial charge in [-0.15, -0.1) is 0 Å². The van der Waals surface area contributed by atoms with Crippen molar-refractivity contribution in [3.05, 3.63) is 20.4 Å². The van der Waals surface area contributed by atoms with E-state index >= 15 is 0 Å². The highest BCUT2D eigenvalue weighted by atomic mass is 19.4. The van der Waals surface area contributed by atoms with Gasteiger partial charge in [-0.25, -0.2) is 0 Å². The van der Waals surface area contributed by atoms with Crippen LogP contribution in [-0.2, 0) is 0 Å².